The lowest BCUT2D eigenvalue weighted by Gasteiger charge is -2.11. The number of nitrogens with one attached hydrogen (secondary N) is 1. The van der Waals surface area contributed by atoms with Gasteiger partial charge < -0.3 is 5.11 Å². The predicted octanol–water partition coefficient (Wildman–Crippen LogP) is 1.82. The Kier molecular flexibility index (Phi) is 3.49. The molecule has 1 saturated carbocycles. The molecule has 4 nitrogen and oxygen atoms in total. The fourth-order valence-electron chi connectivity index (χ4n) is 1.67. The van der Waals surface area contributed by atoms with Crippen LogP contribution in [-0.2, 0) is 10.0 Å². The second-order valence-corrected chi connectivity index (χ2v) is 7.15. The van der Waals surface area contributed by atoms with Gasteiger partial charge in [0.05, 0.1) is 11.0 Å². The highest BCUT2D eigenvalue weighted by atomic mass is 32.2. The molecule has 0 radical (unpaired) electrons. The first-order valence-electron chi connectivity index (χ1n) is 6.10. The van der Waals surface area contributed by atoms with E-state index in [1.54, 1.807) is 19.1 Å². The lowest BCUT2D eigenvalue weighted by atomic mass is 10.1. The Bertz CT molecular complexity index is 516. The van der Waals surface area contributed by atoms with Gasteiger partial charge in [-0.1, -0.05) is 19.1 Å². The molecule has 18 heavy (non-hydrogen) atoms. The fraction of sp³-hybridized carbons (Fsp3) is 0.538. The van der Waals surface area contributed by atoms with E-state index in [0.717, 1.165) is 12.8 Å². The Balaban J connectivity index is 2.09. The summed E-state index contributed by atoms with van der Waals surface area (Å²) in [6, 6.07) is 6.33. The zero-order chi connectivity index (χ0) is 13.4. The summed E-state index contributed by atoms with van der Waals surface area (Å²) in [5, 5.41) is 9.37. The van der Waals surface area contributed by atoms with E-state index in [2.05, 4.69) is 11.6 Å². The van der Waals surface area contributed by atoms with Gasteiger partial charge in [-0.2, -0.15) is 0 Å². The van der Waals surface area contributed by atoms with Crippen LogP contribution in [0.1, 0.15) is 38.4 Å². The molecule has 0 saturated heterocycles. The van der Waals surface area contributed by atoms with Crippen LogP contribution in [0.2, 0.25) is 0 Å². The van der Waals surface area contributed by atoms with E-state index < -0.39 is 16.1 Å². The molecule has 0 aliphatic heterocycles. The van der Waals surface area contributed by atoms with E-state index in [4.69, 9.17) is 0 Å². The average Bonchev–Trinajstić information content (AvgIpc) is 3.06. The number of benzene rings is 1. The zero-order valence-electron chi connectivity index (χ0n) is 10.7. The minimum Gasteiger partial charge on any atom is -0.389 e. The van der Waals surface area contributed by atoms with Gasteiger partial charge in [0.1, 0.15) is 0 Å². The molecule has 0 heterocycles. The van der Waals surface area contributed by atoms with Crippen molar-refractivity contribution in [3.63, 3.8) is 0 Å². The summed E-state index contributed by atoms with van der Waals surface area (Å²) in [6.45, 7) is 4.22. The van der Waals surface area contributed by atoms with Crippen LogP contribution in [0.25, 0.3) is 0 Å². The maximum Gasteiger partial charge on any atom is 0.240 e. The first-order valence-corrected chi connectivity index (χ1v) is 7.58. The van der Waals surface area contributed by atoms with E-state index in [1.165, 1.54) is 12.1 Å². The molecule has 1 aromatic rings. The topological polar surface area (TPSA) is 66.4 Å². The average molecular weight is 269 g/mol. The molecule has 1 fully saturated rings. The summed E-state index contributed by atoms with van der Waals surface area (Å²) in [4.78, 5) is 0.246. The van der Waals surface area contributed by atoms with Crippen molar-refractivity contribution in [2.24, 2.45) is 5.41 Å². The van der Waals surface area contributed by atoms with Crippen molar-refractivity contribution in [1.82, 2.24) is 4.72 Å². The highest BCUT2D eigenvalue weighted by molar-refractivity contribution is 7.89. The normalized spacial score (nSPS) is 19.5. The number of hydrogen-bond donors (Lipinski definition) is 2. The van der Waals surface area contributed by atoms with Crippen LogP contribution in [0.15, 0.2) is 29.2 Å². The highest BCUT2D eigenvalue weighted by Crippen LogP contribution is 2.44. The molecule has 1 unspecified atom stereocenters. The summed E-state index contributed by atoms with van der Waals surface area (Å²) in [5.41, 5.74) is 0.857. The third-order valence-electron chi connectivity index (χ3n) is 3.47. The Morgan fingerprint density at radius 3 is 2.33 bits per heavy atom. The van der Waals surface area contributed by atoms with Crippen LogP contribution < -0.4 is 4.72 Å². The third-order valence-corrected chi connectivity index (χ3v) is 4.88. The first kappa shape index (κ1) is 13.5. The largest absolute Gasteiger partial charge is 0.389 e. The number of rotatable bonds is 5. The molecule has 1 aliphatic rings. The van der Waals surface area contributed by atoms with Crippen molar-refractivity contribution < 1.29 is 13.5 Å². The van der Waals surface area contributed by atoms with Gasteiger partial charge in [0, 0.05) is 6.54 Å². The van der Waals surface area contributed by atoms with Gasteiger partial charge in [0.25, 0.3) is 0 Å². The maximum atomic E-state index is 12.0. The Hall–Kier alpha value is -0.910. The van der Waals surface area contributed by atoms with Crippen molar-refractivity contribution in [3.8, 4) is 0 Å². The van der Waals surface area contributed by atoms with E-state index in [9.17, 15) is 13.5 Å². The molecular weight excluding hydrogens is 250 g/mol. The smallest absolute Gasteiger partial charge is 0.240 e. The van der Waals surface area contributed by atoms with Crippen LogP contribution in [-0.4, -0.2) is 20.1 Å². The number of aliphatic hydroxyl groups is 1. The molecule has 2 N–H and O–H groups in total. The minimum atomic E-state index is -3.43. The molecule has 0 spiro atoms. The van der Waals surface area contributed by atoms with Gasteiger partial charge >= 0.3 is 0 Å². The Morgan fingerprint density at radius 1 is 1.33 bits per heavy atom. The van der Waals surface area contributed by atoms with Gasteiger partial charge in [-0.3, -0.25) is 0 Å². The van der Waals surface area contributed by atoms with Gasteiger partial charge in [0.15, 0.2) is 0 Å². The minimum absolute atomic E-state index is 0.145. The van der Waals surface area contributed by atoms with E-state index in [1.807, 2.05) is 0 Å². The molecule has 2 rings (SSSR count). The van der Waals surface area contributed by atoms with Gasteiger partial charge in [-0.05, 0) is 42.9 Å². The van der Waals surface area contributed by atoms with Crippen molar-refractivity contribution in [3.05, 3.63) is 29.8 Å². The Morgan fingerprint density at radius 2 is 1.89 bits per heavy atom. The molecule has 1 aromatic carbocycles. The monoisotopic (exact) mass is 269 g/mol. The van der Waals surface area contributed by atoms with Gasteiger partial charge in [-0.15, -0.1) is 0 Å². The lowest BCUT2D eigenvalue weighted by Crippen LogP contribution is -2.29. The van der Waals surface area contributed by atoms with Crippen LogP contribution >= 0.6 is 0 Å². The summed E-state index contributed by atoms with van der Waals surface area (Å²) < 4.78 is 26.7. The summed E-state index contributed by atoms with van der Waals surface area (Å²) >= 11 is 0. The highest BCUT2D eigenvalue weighted by Gasteiger charge is 2.38. The van der Waals surface area contributed by atoms with Crippen LogP contribution in [0.3, 0.4) is 0 Å². The molecule has 0 aromatic heterocycles. The second-order valence-electron chi connectivity index (χ2n) is 5.38. The van der Waals surface area contributed by atoms with Crippen molar-refractivity contribution in [2.75, 3.05) is 6.54 Å². The van der Waals surface area contributed by atoms with E-state index in [-0.39, 0.29) is 10.3 Å². The number of sulfonamides is 1. The van der Waals surface area contributed by atoms with E-state index >= 15 is 0 Å². The summed E-state index contributed by atoms with van der Waals surface area (Å²) in [7, 11) is -3.43. The van der Waals surface area contributed by atoms with Crippen molar-refractivity contribution >= 4 is 10.0 Å². The molecule has 0 bridgehead atoms. The lowest BCUT2D eigenvalue weighted by molar-refractivity contribution is 0.199. The quantitative estimate of drug-likeness (QED) is 0.857. The van der Waals surface area contributed by atoms with Crippen LogP contribution in [0, 0.1) is 5.41 Å². The zero-order valence-corrected chi connectivity index (χ0v) is 11.5. The molecule has 0 amide bonds. The third kappa shape index (κ3) is 3.10. The molecule has 1 aliphatic carbocycles. The molecule has 1 atom stereocenters. The van der Waals surface area contributed by atoms with Crippen LogP contribution in [0.4, 0.5) is 0 Å². The van der Waals surface area contributed by atoms with Crippen molar-refractivity contribution in [2.45, 2.75) is 37.7 Å². The summed E-state index contributed by atoms with van der Waals surface area (Å²) in [6.07, 6.45) is 1.58. The van der Waals surface area contributed by atoms with Gasteiger partial charge in [-0.25, -0.2) is 13.1 Å². The predicted molar refractivity (Wildman–Crippen MR) is 69.6 cm³/mol. The van der Waals surface area contributed by atoms with E-state index in [0.29, 0.717) is 12.1 Å². The molecular formula is C13H19NO3S. The molecule has 100 valence electrons. The maximum absolute atomic E-state index is 12.0. The first-order chi connectivity index (χ1) is 8.32. The number of aliphatic hydroxyl groups excluding tert-OH is 1. The van der Waals surface area contributed by atoms with Crippen molar-refractivity contribution in [1.29, 1.82) is 0 Å². The Labute approximate surface area is 108 Å². The SMILES string of the molecule is CC(O)c1ccc(S(=O)(=O)NCC2(C)CC2)cc1. The standard InChI is InChI=1S/C13H19NO3S/c1-10(15)11-3-5-12(6-4-11)18(16,17)14-9-13(2)7-8-13/h3-6,10,14-15H,7-9H2,1-2H3. The summed E-state index contributed by atoms with van der Waals surface area (Å²) in [5.74, 6) is 0. The fourth-order valence-corrected chi connectivity index (χ4v) is 2.87. The second kappa shape index (κ2) is 4.64. The number of hydrogen-bond acceptors (Lipinski definition) is 3. The van der Waals surface area contributed by atoms with Gasteiger partial charge in [0.2, 0.25) is 10.0 Å². The molecule has 5 heteroatoms. The van der Waals surface area contributed by atoms with Crippen LogP contribution in [0.5, 0.6) is 0 Å².